The highest BCUT2D eigenvalue weighted by Crippen LogP contribution is 2.21. The molecule has 0 radical (unpaired) electrons. The first kappa shape index (κ1) is 20.0. The van der Waals surface area contributed by atoms with Crippen molar-refractivity contribution in [3.8, 4) is 5.75 Å². The average molecular weight is 381 g/mol. The Kier molecular flexibility index (Phi) is 7.17. The predicted octanol–water partition coefficient (Wildman–Crippen LogP) is 2.68. The van der Waals surface area contributed by atoms with E-state index in [2.05, 4.69) is 21.3 Å². The molecule has 0 saturated carbocycles. The summed E-state index contributed by atoms with van der Waals surface area (Å²) in [6, 6.07) is 11.7. The molecule has 6 heteroatoms. The van der Waals surface area contributed by atoms with Crippen molar-refractivity contribution < 1.29 is 14.3 Å². The first-order valence-corrected chi connectivity index (χ1v) is 9.49. The third kappa shape index (κ3) is 5.41. The molecule has 1 aromatic carbocycles. The zero-order valence-electron chi connectivity index (χ0n) is 16.4. The van der Waals surface area contributed by atoms with Gasteiger partial charge in [-0.15, -0.1) is 0 Å². The quantitative estimate of drug-likeness (QED) is 0.747. The second-order valence-corrected chi connectivity index (χ2v) is 6.75. The number of pyridine rings is 1. The van der Waals surface area contributed by atoms with E-state index < -0.39 is 0 Å². The third-order valence-corrected chi connectivity index (χ3v) is 4.92. The van der Waals surface area contributed by atoms with Crippen molar-refractivity contribution in [1.29, 1.82) is 0 Å². The van der Waals surface area contributed by atoms with Crippen LogP contribution < -0.4 is 10.1 Å². The number of methoxy groups -OCH3 is 1. The minimum Gasteiger partial charge on any atom is -0.497 e. The topological polar surface area (TPSA) is 63.7 Å². The molecule has 1 amide bonds. The van der Waals surface area contributed by atoms with Gasteiger partial charge in [-0.05, 0) is 41.8 Å². The smallest absolute Gasteiger partial charge is 0.244 e. The molecule has 148 valence electrons. The fourth-order valence-electron chi connectivity index (χ4n) is 3.30. The number of carbonyl (C=O) groups is 1. The number of allylic oxidation sites excluding steroid dienone is 1. The van der Waals surface area contributed by atoms with Gasteiger partial charge in [0.1, 0.15) is 5.75 Å². The second kappa shape index (κ2) is 10.0. The van der Waals surface area contributed by atoms with Crippen LogP contribution in [-0.2, 0) is 9.53 Å². The standard InChI is InChI=1S/C22H27N3O3/c1-17(18-5-7-20(27-2)8-6-18)14-22(26)24-16-21(19-4-3-9-23-15-19)25-10-12-28-13-11-25/h3-9,14-15,21H,10-13,16H2,1-2H3,(H,24,26)/b17-14+. The van der Waals surface area contributed by atoms with E-state index >= 15 is 0 Å². The number of carbonyl (C=O) groups excluding carboxylic acids is 1. The molecule has 3 rings (SSSR count). The Bertz CT molecular complexity index is 784. The van der Waals surface area contributed by atoms with Crippen molar-refractivity contribution in [1.82, 2.24) is 15.2 Å². The van der Waals surface area contributed by atoms with Crippen LogP contribution in [0.25, 0.3) is 5.57 Å². The highest BCUT2D eigenvalue weighted by molar-refractivity contribution is 5.94. The van der Waals surface area contributed by atoms with Crippen molar-refractivity contribution in [2.75, 3.05) is 40.0 Å². The number of hydrogen-bond acceptors (Lipinski definition) is 5. The Hall–Kier alpha value is -2.70. The highest BCUT2D eigenvalue weighted by atomic mass is 16.5. The Balaban J connectivity index is 1.65. The number of benzene rings is 1. The van der Waals surface area contributed by atoms with Gasteiger partial charge in [0.2, 0.25) is 5.91 Å². The number of ether oxygens (including phenoxy) is 2. The molecule has 1 atom stereocenters. The summed E-state index contributed by atoms with van der Waals surface area (Å²) < 4.78 is 10.6. The molecule has 0 spiro atoms. The molecule has 1 fully saturated rings. The van der Waals surface area contributed by atoms with Crippen molar-refractivity contribution in [3.05, 3.63) is 66.0 Å². The van der Waals surface area contributed by atoms with Crippen LogP contribution in [0, 0.1) is 0 Å². The van der Waals surface area contributed by atoms with Gasteiger partial charge in [0, 0.05) is 38.1 Å². The SMILES string of the molecule is COc1ccc(/C(C)=C/C(=O)NCC(c2cccnc2)N2CCOCC2)cc1. The lowest BCUT2D eigenvalue weighted by Gasteiger charge is -2.34. The summed E-state index contributed by atoms with van der Waals surface area (Å²) in [5.41, 5.74) is 3.00. The van der Waals surface area contributed by atoms with Gasteiger partial charge in [0.25, 0.3) is 0 Å². The summed E-state index contributed by atoms with van der Waals surface area (Å²) in [7, 11) is 1.64. The minimum absolute atomic E-state index is 0.0799. The van der Waals surface area contributed by atoms with Gasteiger partial charge in [0.05, 0.1) is 26.4 Å². The van der Waals surface area contributed by atoms with E-state index in [0.717, 1.165) is 35.5 Å². The zero-order chi connectivity index (χ0) is 19.8. The fraction of sp³-hybridized carbons (Fsp3) is 0.364. The maximum atomic E-state index is 12.5. The van der Waals surface area contributed by atoms with E-state index in [-0.39, 0.29) is 11.9 Å². The lowest BCUT2D eigenvalue weighted by Crippen LogP contribution is -2.43. The zero-order valence-corrected chi connectivity index (χ0v) is 16.4. The number of amides is 1. The lowest BCUT2D eigenvalue weighted by molar-refractivity contribution is -0.116. The minimum atomic E-state index is -0.101. The summed E-state index contributed by atoms with van der Waals surface area (Å²) in [4.78, 5) is 19.1. The van der Waals surface area contributed by atoms with Gasteiger partial charge in [-0.2, -0.15) is 0 Å². The van der Waals surface area contributed by atoms with Gasteiger partial charge >= 0.3 is 0 Å². The summed E-state index contributed by atoms with van der Waals surface area (Å²) >= 11 is 0. The summed E-state index contributed by atoms with van der Waals surface area (Å²) in [6.07, 6.45) is 5.27. The van der Waals surface area contributed by atoms with E-state index in [1.165, 1.54) is 0 Å². The molecule has 2 aromatic rings. The first-order chi connectivity index (χ1) is 13.7. The van der Waals surface area contributed by atoms with Crippen LogP contribution >= 0.6 is 0 Å². The third-order valence-electron chi connectivity index (χ3n) is 4.92. The first-order valence-electron chi connectivity index (χ1n) is 9.49. The van der Waals surface area contributed by atoms with Crippen molar-refractivity contribution in [3.63, 3.8) is 0 Å². The van der Waals surface area contributed by atoms with Crippen molar-refractivity contribution in [2.45, 2.75) is 13.0 Å². The number of nitrogens with zero attached hydrogens (tertiary/aromatic N) is 2. The monoisotopic (exact) mass is 381 g/mol. The second-order valence-electron chi connectivity index (χ2n) is 6.75. The van der Waals surface area contributed by atoms with E-state index in [0.29, 0.717) is 19.8 Å². The highest BCUT2D eigenvalue weighted by Gasteiger charge is 2.23. The van der Waals surface area contributed by atoms with Crippen LogP contribution in [0.1, 0.15) is 24.1 Å². The van der Waals surface area contributed by atoms with Crippen LogP contribution in [0.5, 0.6) is 5.75 Å². The lowest BCUT2D eigenvalue weighted by atomic mass is 10.1. The summed E-state index contributed by atoms with van der Waals surface area (Å²) in [6.45, 7) is 5.56. The van der Waals surface area contributed by atoms with Crippen LogP contribution in [0.4, 0.5) is 0 Å². The molecule has 1 aromatic heterocycles. The molecule has 6 nitrogen and oxygen atoms in total. The predicted molar refractivity (Wildman–Crippen MR) is 109 cm³/mol. The molecule has 1 unspecified atom stereocenters. The Morgan fingerprint density at radius 1 is 1.29 bits per heavy atom. The van der Waals surface area contributed by atoms with Crippen LogP contribution in [-0.4, -0.2) is 55.7 Å². The molecule has 2 heterocycles. The molecule has 28 heavy (non-hydrogen) atoms. The molecule has 0 bridgehead atoms. The van der Waals surface area contributed by atoms with E-state index in [4.69, 9.17) is 9.47 Å². The summed E-state index contributed by atoms with van der Waals surface area (Å²) in [5.74, 6) is 0.696. The number of nitrogens with one attached hydrogen (secondary N) is 1. The molecule has 1 N–H and O–H groups in total. The van der Waals surface area contributed by atoms with Gasteiger partial charge < -0.3 is 14.8 Å². The Morgan fingerprint density at radius 3 is 2.68 bits per heavy atom. The molecule has 1 saturated heterocycles. The Labute approximate surface area is 166 Å². The van der Waals surface area contributed by atoms with Gasteiger partial charge in [-0.3, -0.25) is 14.7 Å². The van der Waals surface area contributed by atoms with Gasteiger partial charge in [0.15, 0.2) is 0 Å². The molecule has 1 aliphatic rings. The van der Waals surface area contributed by atoms with Crippen LogP contribution in [0.2, 0.25) is 0 Å². The van der Waals surface area contributed by atoms with E-state index in [9.17, 15) is 4.79 Å². The molecular weight excluding hydrogens is 354 g/mol. The van der Waals surface area contributed by atoms with E-state index in [1.54, 1.807) is 19.4 Å². The number of morpholine rings is 1. The van der Waals surface area contributed by atoms with E-state index in [1.807, 2.05) is 43.5 Å². The summed E-state index contributed by atoms with van der Waals surface area (Å²) in [5, 5.41) is 3.05. The molecular formula is C22H27N3O3. The van der Waals surface area contributed by atoms with Gasteiger partial charge in [-0.1, -0.05) is 18.2 Å². The average Bonchev–Trinajstić information content (AvgIpc) is 2.75. The van der Waals surface area contributed by atoms with Gasteiger partial charge in [-0.25, -0.2) is 0 Å². The van der Waals surface area contributed by atoms with Crippen molar-refractivity contribution in [2.24, 2.45) is 0 Å². The normalized spacial score (nSPS) is 16.4. The van der Waals surface area contributed by atoms with Crippen LogP contribution in [0.3, 0.4) is 0 Å². The fourth-order valence-corrected chi connectivity index (χ4v) is 3.30. The maximum Gasteiger partial charge on any atom is 0.244 e. The number of aromatic nitrogens is 1. The molecule has 0 aliphatic carbocycles. The molecule has 1 aliphatic heterocycles. The van der Waals surface area contributed by atoms with Crippen molar-refractivity contribution >= 4 is 11.5 Å². The Morgan fingerprint density at radius 2 is 2.04 bits per heavy atom. The number of rotatable bonds is 7. The largest absolute Gasteiger partial charge is 0.497 e. The maximum absolute atomic E-state index is 12.5. The number of hydrogen-bond donors (Lipinski definition) is 1. The van der Waals surface area contributed by atoms with Crippen LogP contribution in [0.15, 0.2) is 54.9 Å².